The lowest BCUT2D eigenvalue weighted by atomic mass is 10.1. The molecule has 0 bridgehead atoms. The van der Waals surface area contributed by atoms with E-state index in [-0.39, 0.29) is 6.09 Å². The van der Waals surface area contributed by atoms with E-state index in [4.69, 9.17) is 10.1 Å². The number of rotatable bonds is 8. The number of hydrogen-bond acceptors (Lipinski definition) is 5. The maximum atomic E-state index is 11.6. The number of ether oxygens (including phenoxy) is 1. The van der Waals surface area contributed by atoms with Gasteiger partial charge in [0.2, 0.25) is 0 Å². The first kappa shape index (κ1) is 20.0. The summed E-state index contributed by atoms with van der Waals surface area (Å²) in [5, 5.41) is 18.5. The molecular weight excluding hydrogens is 306 g/mol. The fourth-order valence-electron chi connectivity index (χ4n) is 2.43. The highest BCUT2D eigenvalue weighted by Gasteiger charge is 2.17. The van der Waals surface area contributed by atoms with E-state index in [1.54, 1.807) is 6.92 Å². The summed E-state index contributed by atoms with van der Waals surface area (Å²) in [6.45, 7) is 13.4. The molecule has 0 fully saturated rings. The Labute approximate surface area is 144 Å². The fraction of sp³-hybridized carbons (Fsp3) is 0.706. The first-order valence-electron chi connectivity index (χ1n) is 8.49. The van der Waals surface area contributed by atoms with E-state index in [0.717, 1.165) is 43.0 Å². The predicted molar refractivity (Wildman–Crippen MR) is 97.1 cm³/mol. The third-order valence-corrected chi connectivity index (χ3v) is 3.31. The number of carbonyl (C=O) groups excluding carboxylic acids is 1. The van der Waals surface area contributed by atoms with Crippen molar-refractivity contribution in [2.45, 2.75) is 66.5 Å². The highest BCUT2D eigenvalue weighted by atomic mass is 16.6. The van der Waals surface area contributed by atoms with E-state index >= 15 is 0 Å². The van der Waals surface area contributed by atoms with Crippen LogP contribution in [0.2, 0.25) is 0 Å². The predicted octanol–water partition coefficient (Wildman–Crippen LogP) is 3.32. The van der Waals surface area contributed by atoms with Crippen LogP contribution in [-0.2, 0) is 11.3 Å². The number of alkyl carbamates (subject to hydrolysis) is 1. The topological polar surface area (TPSA) is 92.0 Å². The Kier molecular flexibility index (Phi) is 7.25. The summed E-state index contributed by atoms with van der Waals surface area (Å²) in [4.78, 5) is 11.6. The number of unbranched alkanes of at least 4 members (excludes halogenated alkanes) is 1. The molecule has 24 heavy (non-hydrogen) atoms. The lowest BCUT2D eigenvalue weighted by Crippen LogP contribution is -2.33. The Morgan fingerprint density at radius 3 is 2.54 bits per heavy atom. The van der Waals surface area contributed by atoms with Gasteiger partial charge in [-0.1, -0.05) is 0 Å². The second-order valence-electron chi connectivity index (χ2n) is 6.82. The zero-order valence-corrected chi connectivity index (χ0v) is 15.7. The van der Waals surface area contributed by atoms with E-state index in [9.17, 15) is 4.79 Å². The summed E-state index contributed by atoms with van der Waals surface area (Å²) < 4.78 is 7.11. The molecule has 3 N–H and O–H groups in total. The van der Waals surface area contributed by atoms with E-state index in [1.807, 2.05) is 39.3 Å². The van der Waals surface area contributed by atoms with Crippen molar-refractivity contribution in [3.05, 3.63) is 11.3 Å². The summed E-state index contributed by atoms with van der Waals surface area (Å²) in [5.74, 6) is 0.905. The molecule has 1 aromatic heterocycles. The van der Waals surface area contributed by atoms with Crippen LogP contribution < -0.4 is 10.6 Å². The molecular formula is C17H31N5O2. The minimum Gasteiger partial charge on any atom is -0.444 e. The van der Waals surface area contributed by atoms with Gasteiger partial charge in [-0.3, -0.25) is 0 Å². The maximum absolute atomic E-state index is 11.6. The zero-order chi connectivity index (χ0) is 18.3. The monoisotopic (exact) mass is 337 g/mol. The summed E-state index contributed by atoms with van der Waals surface area (Å²) in [6, 6.07) is 0. The Morgan fingerprint density at radius 2 is 2.00 bits per heavy atom. The highest BCUT2D eigenvalue weighted by molar-refractivity contribution is 6.01. The van der Waals surface area contributed by atoms with Crippen molar-refractivity contribution in [2.24, 2.45) is 0 Å². The van der Waals surface area contributed by atoms with Crippen molar-refractivity contribution in [1.82, 2.24) is 15.1 Å². The van der Waals surface area contributed by atoms with Gasteiger partial charge in [0.25, 0.3) is 0 Å². The number of anilines is 1. The van der Waals surface area contributed by atoms with Crippen molar-refractivity contribution in [2.75, 3.05) is 18.4 Å². The third kappa shape index (κ3) is 6.22. The summed E-state index contributed by atoms with van der Waals surface area (Å²) in [5.41, 5.74) is 1.79. The molecule has 7 heteroatoms. The molecule has 7 nitrogen and oxygen atoms in total. The van der Waals surface area contributed by atoms with Crippen molar-refractivity contribution < 1.29 is 9.53 Å². The number of carbonyl (C=O) groups is 1. The normalized spacial score (nSPS) is 11.2. The number of aromatic nitrogens is 2. The first-order valence-corrected chi connectivity index (χ1v) is 8.49. The molecule has 0 unspecified atom stereocenters. The van der Waals surface area contributed by atoms with E-state index in [2.05, 4.69) is 15.7 Å². The van der Waals surface area contributed by atoms with Crippen LogP contribution in [0.5, 0.6) is 0 Å². The molecule has 1 aromatic rings. The van der Waals surface area contributed by atoms with Gasteiger partial charge in [-0.15, -0.1) is 0 Å². The molecule has 0 saturated carbocycles. The number of hydrogen-bond donors (Lipinski definition) is 3. The van der Waals surface area contributed by atoms with Crippen LogP contribution in [0.4, 0.5) is 10.6 Å². The van der Waals surface area contributed by atoms with Crippen LogP contribution in [0.1, 0.15) is 58.7 Å². The Balaban J connectivity index is 2.49. The van der Waals surface area contributed by atoms with E-state index < -0.39 is 5.60 Å². The van der Waals surface area contributed by atoms with Crippen LogP contribution >= 0.6 is 0 Å². The van der Waals surface area contributed by atoms with Crippen molar-refractivity contribution in [1.29, 1.82) is 5.41 Å². The Hall–Kier alpha value is -2.05. The molecule has 0 aromatic carbocycles. The number of aryl methyl sites for hydroxylation is 2. The number of amides is 1. The molecule has 0 aliphatic rings. The van der Waals surface area contributed by atoms with Crippen molar-refractivity contribution in [3.8, 4) is 0 Å². The lowest BCUT2D eigenvalue weighted by Gasteiger charge is -2.19. The molecule has 0 radical (unpaired) electrons. The molecule has 1 amide bonds. The summed E-state index contributed by atoms with van der Waals surface area (Å²) in [7, 11) is 0. The molecule has 1 rings (SSSR count). The fourth-order valence-corrected chi connectivity index (χ4v) is 2.43. The largest absolute Gasteiger partial charge is 0.444 e. The molecule has 0 saturated heterocycles. The first-order chi connectivity index (χ1) is 11.2. The molecule has 0 aliphatic heterocycles. The Bertz CT molecular complexity index is 572. The third-order valence-electron chi connectivity index (χ3n) is 3.31. The van der Waals surface area contributed by atoms with Crippen LogP contribution in [0.25, 0.3) is 0 Å². The molecule has 0 atom stereocenters. The van der Waals surface area contributed by atoms with Gasteiger partial charge in [-0.25, -0.2) is 9.48 Å². The smallest absolute Gasteiger partial charge is 0.407 e. The average Bonchev–Trinajstić information content (AvgIpc) is 2.73. The van der Waals surface area contributed by atoms with Crippen molar-refractivity contribution in [3.63, 3.8) is 0 Å². The summed E-state index contributed by atoms with van der Waals surface area (Å²) in [6.07, 6.45) is 1.33. The van der Waals surface area contributed by atoms with Gasteiger partial charge in [0.1, 0.15) is 11.4 Å². The maximum Gasteiger partial charge on any atom is 0.407 e. The number of nitrogens with zero attached hydrogens (tertiary/aromatic N) is 2. The van der Waals surface area contributed by atoms with E-state index in [0.29, 0.717) is 12.3 Å². The second-order valence-corrected chi connectivity index (χ2v) is 6.82. The van der Waals surface area contributed by atoms with Gasteiger partial charge in [-0.2, -0.15) is 5.10 Å². The second kappa shape index (κ2) is 8.70. The molecule has 1 heterocycles. The van der Waals surface area contributed by atoms with Gasteiger partial charge in [0.05, 0.1) is 11.3 Å². The lowest BCUT2D eigenvalue weighted by molar-refractivity contribution is 0.0527. The average molecular weight is 337 g/mol. The Morgan fingerprint density at radius 1 is 1.33 bits per heavy atom. The minimum atomic E-state index is -0.474. The molecule has 0 spiro atoms. The summed E-state index contributed by atoms with van der Waals surface area (Å²) >= 11 is 0. The van der Waals surface area contributed by atoms with Gasteiger partial charge in [0, 0.05) is 25.3 Å². The van der Waals surface area contributed by atoms with E-state index in [1.165, 1.54) is 0 Å². The SMILES string of the molecule is CCNc1c(C(C)=N)c(C)nn1CCCCNC(=O)OC(C)(C)C. The van der Waals surface area contributed by atoms with Crippen molar-refractivity contribution >= 4 is 17.6 Å². The quantitative estimate of drug-likeness (QED) is 0.501. The van der Waals surface area contributed by atoms with Crippen LogP contribution in [0.15, 0.2) is 0 Å². The van der Waals surface area contributed by atoms with Gasteiger partial charge >= 0.3 is 6.09 Å². The van der Waals surface area contributed by atoms with Crippen LogP contribution in [0.3, 0.4) is 0 Å². The molecule has 136 valence electrons. The number of nitrogens with one attached hydrogen (secondary N) is 3. The standard InChI is InChI=1S/C17H31N5O2/c1-7-19-15-14(12(2)18)13(3)21-22(15)11-9-8-10-20-16(23)24-17(4,5)6/h18-19H,7-11H2,1-6H3,(H,20,23). The van der Waals surface area contributed by atoms with Gasteiger partial charge < -0.3 is 20.8 Å². The minimum absolute atomic E-state index is 0.382. The highest BCUT2D eigenvalue weighted by Crippen LogP contribution is 2.20. The zero-order valence-electron chi connectivity index (χ0n) is 15.7. The van der Waals surface area contributed by atoms with Gasteiger partial charge in [-0.05, 0) is 54.4 Å². The van der Waals surface area contributed by atoms with Gasteiger partial charge in [0.15, 0.2) is 0 Å². The van der Waals surface area contributed by atoms with Crippen LogP contribution in [0, 0.1) is 12.3 Å². The molecule has 0 aliphatic carbocycles. The van der Waals surface area contributed by atoms with Crippen LogP contribution in [-0.4, -0.2) is 40.3 Å².